The van der Waals surface area contributed by atoms with Crippen LogP contribution in [0.1, 0.15) is 43.4 Å². The Kier molecular flexibility index (Phi) is 6.50. The Hall–Kier alpha value is -2.34. The molecule has 1 saturated heterocycles. The molecule has 0 saturated carbocycles. The summed E-state index contributed by atoms with van der Waals surface area (Å²) in [6.45, 7) is 7.10. The number of nitrogens with one attached hydrogen (secondary N) is 2. The molecule has 1 unspecified atom stereocenters. The number of aromatic nitrogens is 2. The molecule has 0 bridgehead atoms. The van der Waals surface area contributed by atoms with Crippen LogP contribution in [0, 0.1) is 12.8 Å². The van der Waals surface area contributed by atoms with Gasteiger partial charge >= 0.3 is 6.03 Å². The third kappa shape index (κ3) is 5.32. The van der Waals surface area contributed by atoms with Crippen molar-refractivity contribution in [2.24, 2.45) is 5.92 Å². The summed E-state index contributed by atoms with van der Waals surface area (Å²) < 4.78 is 1.90. The second kappa shape index (κ2) is 9.04. The van der Waals surface area contributed by atoms with Gasteiger partial charge in [0, 0.05) is 18.3 Å². The molecule has 1 atom stereocenters. The van der Waals surface area contributed by atoms with Crippen molar-refractivity contribution in [3.8, 4) is 0 Å². The van der Waals surface area contributed by atoms with Crippen molar-refractivity contribution in [3.63, 3.8) is 0 Å². The van der Waals surface area contributed by atoms with E-state index in [0.717, 1.165) is 25.1 Å². The number of hydrogen-bond acceptors (Lipinski definition) is 3. The van der Waals surface area contributed by atoms with Crippen LogP contribution in [0.2, 0.25) is 0 Å². The van der Waals surface area contributed by atoms with E-state index in [1.807, 2.05) is 36.0 Å². The maximum absolute atomic E-state index is 12.2. The number of carbonyl (C=O) groups excluding carboxylic acids is 1. The van der Waals surface area contributed by atoms with E-state index in [-0.39, 0.29) is 12.1 Å². The monoisotopic (exact) mass is 369 g/mol. The Labute approximate surface area is 161 Å². The molecular weight excluding hydrogens is 338 g/mol. The van der Waals surface area contributed by atoms with Crippen molar-refractivity contribution in [1.29, 1.82) is 0 Å². The zero-order chi connectivity index (χ0) is 19.2. The van der Waals surface area contributed by atoms with Gasteiger partial charge in [0.25, 0.3) is 0 Å². The standard InChI is InChI=1S/C21H31N5O/c1-16-15-26(17(2)19-7-5-4-6-8-19)24-20(16)23-21(27)22-12-9-18-10-13-25(3)14-11-18/h4-8,15,17-18H,9-14H2,1-3H3,(H2,22,23,24,27). The van der Waals surface area contributed by atoms with Crippen LogP contribution in [0.25, 0.3) is 0 Å². The van der Waals surface area contributed by atoms with E-state index < -0.39 is 0 Å². The van der Waals surface area contributed by atoms with E-state index in [1.165, 1.54) is 18.4 Å². The van der Waals surface area contributed by atoms with Crippen LogP contribution >= 0.6 is 0 Å². The van der Waals surface area contributed by atoms with Crippen LogP contribution in [0.3, 0.4) is 0 Å². The molecule has 3 rings (SSSR count). The van der Waals surface area contributed by atoms with Gasteiger partial charge < -0.3 is 10.2 Å². The van der Waals surface area contributed by atoms with Crippen molar-refractivity contribution >= 4 is 11.8 Å². The van der Waals surface area contributed by atoms with E-state index in [1.54, 1.807) is 0 Å². The van der Waals surface area contributed by atoms with Gasteiger partial charge in [0.05, 0.1) is 6.04 Å². The summed E-state index contributed by atoms with van der Waals surface area (Å²) in [5, 5.41) is 10.4. The fourth-order valence-corrected chi connectivity index (χ4v) is 3.58. The van der Waals surface area contributed by atoms with E-state index in [2.05, 4.69) is 46.7 Å². The number of carbonyl (C=O) groups is 1. The molecule has 0 radical (unpaired) electrons. The van der Waals surface area contributed by atoms with Gasteiger partial charge in [0.2, 0.25) is 0 Å². The van der Waals surface area contributed by atoms with Gasteiger partial charge in [-0.2, -0.15) is 5.10 Å². The molecule has 2 N–H and O–H groups in total. The number of aryl methyl sites for hydroxylation is 1. The predicted octanol–water partition coefficient (Wildman–Crippen LogP) is 3.65. The zero-order valence-electron chi connectivity index (χ0n) is 16.6. The van der Waals surface area contributed by atoms with Crippen LogP contribution in [0.5, 0.6) is 0 Å². The third-order valence-corrected chi connectivity index (χ3v) is 5.50. The van der Waals surface area contributed by atoms with Crippen LogP contribution in [-0.2, 0) is 0 Å². The lowest BCUT2D eigenvalue weighted by Crippen LogP contribution is -2.34. The van der Waals surface area contributed by atoms with Crippen LogP contribution in [0.15, 0.2) is 36.5 Å². The van der Waals surface area contributed by atoms with Crippen molar-refractivity contribution in [2.45, 2.75) is 39.2 Å². The molecule has 0 aliphatic carbocycles. The molecule has 2 heterocycles. The topological polar surface area (TPSA) is 62.2 Å². The summed E-state index contributed by atoms with van der Waals surface area (Å²) in [6.07, 6.45) is 5.47. The van der Waals surface area contributed by atoms with Gasteiger partial charge in [-0.1, -0.05) is 30.3 Å². The third-order valence-electron chi connectivity index (χ3n) is 5.50. The Morgan fingerprint density at radius 1 is 1.26 bits per heavy atom. The molecule has 1 fully saturated rings. The number of hydrogen-bond donors (Lipinski definition) is 2. The predicted molar refractivity (Wildman–Crippen MR) is 109 cm³/mol. The summed E-state index contributed by atoms with van der Waals surface area (Å²) in [4.78, 5) is 14.6. The van der Waals surface area contributed by atoms with E-state index in [9.17, 15) is 4.79 Å². The van der Waals surface area contributed by atoms with Crippen molar-refractivity contribution in [3.05, 3.63) is 47.7 Å². The highest BCUT2D eigenvalue weighted by Crippen LogP contribution is 2.21. The second-order valence-electron chi connectivity index (χ2n) is 7.64. The van der Waals surface area contributed by atoms with Crippen molar-refractivity contribution < 1.29 is 4.79 Å². The largest absolute Gasteiger partial charge is 0.338 e. The second-order valence-corrected chi connectivity index (χ2v) is 7.64. The number of rotatable bonds is 6. The molecule has 0 spiro atoms. The average molecular weight is 370 g/mol. The van der Waals surface area contributed by atoms with E-state index in [0.29, 0.717) is 18.3 Å². The smallest absolute Gasteiger partial charge is 0.320 e. The molecule has 1 aromatic heterocycles. The Morgan fingerprint density at radius 3 is 2.67 bits per heavy atom. The molecule has 1 aliphatic rings. The molecule has 6 heteroatoms. The minimum absolute atomic E-state index is 0.118. The number of piperidine rings is 1. The van der Waals surface area contributed by atoms with Crippen LogP contribution in [-0.4, -0.2) is 47.4 Å². The zero-order valence-corrected chi connectivity index (χ0v) is 16.6. The summed E-state index contributed by atoms with van der Waals surface area (Å²) in [5.74, 6) is 1.34. The quantitative estimate of drug-likeness (QED) is 0.817. The number of benzene rings is 1. The number of anilines is 1. The SMILES string of the molecule is Cc1cn(C(C)c2ccccc2)nc1NC(=O)NCCC1CCN(C)CC1. The van der Waals surface area contributed by atoms with Gasteiger partial charge in [0.15, 0.2) is 5.82 Å². The number of nitrogens with zero attached hydrogens (tertiary/aromatic N) is 3. The first-order valence-corrected chi connectivity index (χ1v) is 9.87. The minimum atomic E-state index is -0.177. The number of likely N-dealkylation sites (tertiary alicyclic amines) is 1. The summed E-state index contributed by atoms with van der Waals surface area (Å²) in [7, 11) is 2.17. The van der Waals surface area contributed by atoms with Gasteiger partial charge in [0.1, 0.15) is 0 Å². The van der Waals surface area contributed by atoms with Crippen molar-refractivity contribution in [1.82, 2.24) is 20.0 Å². The molecule has 1 aliphatic heterocycles. The molecule has 146 valence electrons. The lowest BCUT2D eigenvalue weighted by molar-refractivity contribution is 0.211. The molecular formula is C21H31N5O. The van der Waals surface area contributed by atoms with E-state index in [4.69, 9.17) is 0 Å². The Morgan fingerprint density at radius 2 is 1.96 bits per heavy atom. The lowest BCUT2D eigenvalue weighted by atomic mass is 9.94. The molecule has 6 nitrogen and oxygen atoms in total. The summed E-state index contributed by atoms with van der Waals surface area (Å²) in [5.41, 5.74) is 2.15. The minimum Gasteiger partial charge on any atom is -0.338 e. The van der Waals surface area contributed by atoms with Crippen LogP contribution in [0.4, 0.5) is 10.6 Å². The normalized spacial score (nSPS) is 16.9. The highest BCUT2D eigenvalue weighted by Gasteiger charge is 2.17. The first kappa shape index (κ1) is 19.4. The van der Waals surface area contributed by atoms with Gasteiger partial charge in [-0.15, -0.1) is 0 Å². The fourth-order valence-electron chi connectivity index (χ4n) is 3.58. The fraction of sp³-hybridized carbons (Fsp3) is 0.524. The van der Waals surface area contributed by atoms with Gasteiger partial charge in [-0.3, -0.25) is 10.00 Å². The molecule has 27 heavy (non-hydrogen) atoms. The maximum Gasteiger partial charge on any atom is 0.320 e. The maximum atomic E-state index is 12.2. The van der Waals surface area contributed by atoms with Crippen LogP contribution < -0.4 is 10.6 Å². The first-order chi connectivity index (χ1) is 13.0. The summed E-state index contributed by atoms with van der Waals surface area (Å²) in [6, 6.07) is 10.2. The average Bonchev–Trinajstić information content (AvgIpc) is 3.04. The summed E-state index contributed by atoms with van der Waals surface area (Å²) >= 11 is 0. The highest BCUT2D eigenvalue weighted by atomic mass is 16.2. The number of urea groups is 1. The Bertz CT molecular complexity index is 734. The first-order valence-electron chi connectivity index (χ1n) is 9.87. The molecule has 1 aromatic carbocycles. The van der Waals surface area contributed by atoms with E-state index >= 15 is 0 Å². The van der Waals surface area contributed by atoms with Gasteiger partial charge in [-0.25, -0.2) is 4.79 Å². The molecule has 2 aromatic rings. The van der Waals surface area contributed by atoms with Crippen molar-refractivity contribution in [2.75, 3.05) is 32.0 Å². The lowest BCUT2D eigenvalue weighted by Gasteiger charge is -2.28. The number of amides is 2. The molecule has 2 amide bonds. The Balaban J connectivity index is 1.49. The van der Waals surface area contributed by atoms with Gasteiger partial charge in [-0.05, 0) is 64.7 Å². The highest BCUT2D eigenvalue weighted by molar-refractivity contribution is 5.88.